The largest absolute Gasteiger partial charge is 0.376 e. The van der Waals surface area contributed by atoms with Crippen LogP contribution in [-0.4, -0.2) is 43.1 Å². The van der Waals surface area contributed by atoms with Crippen LogP contribution in [0.25, 0.3) is 11.4 Å². The lowest BCUT2D eigenvalue weighted by atomic mass is 10.1. The Labute approximate surface area is 155 Å². The summed E-state index contributed by atoms with van der Waals surface area (Å²) in [7, 11) is 0. The number of hydrogen-bond donors (Lipinski definition) is 0. The molecule has 26 heavy (non-hydrogen) atoms. The van der Waals surface area contributed by atoms with Crippen molar-refractivity contribution in [2.75, 3.05) is 6.61 Å². The Morgan fingerprint density at radius 3 is 2.92 bits per heavy atom. The molecule has 136 valence electrons. The quantitative estimate of drug-likeness (QED) is 0.585. The van der Waals surface area contributed by atoms with E-state index in [9.17, 15) is 0 Å². The van der Waals surface area contributed by atoms with Crippen LogP contribution in [-0.2, 0) is 23.5 Å². The average Bonchev–Trinajstić information content (AvgIpc) is 3.43. The monoisotopic (exact) mass is 372 g/mol. The zero-order chi connectivity index (χ0) is 17.8. The first-order valence-corrected chi connectivity index (χ1v) is 9.73. The molecule has 0 radical (unpaired) electrons. The molecule has 3 heterocycles. The van der Waals surface area contributed by atoms with Crippen LogP contribution in [0.15, 0.2) is 33.9 Å². The van der Waals surface area contributed by atoms with Crippen molar-refractivity contribution < 1.29 is 9.26 Å². The number of aromatic nitrogens is 6. The molecule has 0 amide bonds. The van der Waals surface area contributed by atoms with E-state index in [1.807, 2.05) is 12.1 Å². The second-order valence-corrected chi connectivity index (χ2v) is 7.07. The highest BCUT2D eigenvalue weighted by Gasteiger charge is 2.19. The summed E-state index contributed by atoms with van der Waals surface area (Å²) in [5, 5.41) is 16.7. The van der Waals surface area contributed by atoms with Gasteiger partial charge in [-0.2, -0.15) is 4.98 Å². The number of aryl methyl sites for hydroxylation is 1. The van der Waals surface area contributed by atoms with E-state index < -0.39 is 0 Å². The normalized spacial score (nSPS) is 17.0. The lowest BCUT2D eigenvalue weighted by Crippen LogP contribution is -2.16. The highest BCUT2D eigenvalue weighted by Crippen LogP contribution is 2.23. The number of tetrazole rings is 1. The maximum atomic E-state index is 5.65. The zero-order valence-corrected chi connectivity index (χ0v) is 15.4. The molecule has 0 saturated carbocycles. The van der Waals surface area contributed by atoms with E-state index in [-0.39, 0.29) is 6.10 Å². The molecular formula is C17H20N6O2S. The minimum Gasteiger partial charge on any atom is -0.376 e. The van der Waals surface area contributed by atoms with Crippen LogP contribution in [0.5, 0.6) is 0 Å². The molecule has 1 aliphatic heterocycles. The van der Waals surface area contributed by atoms with Gasteiger partial charge in [0.1, 0.15) is 0 Å². The third kappa shape index (κ3) is 3.94. The molecule has 0 N–H and O–H groups in total. The van der Waals surface area contributed by atoms with E-state index in [0.29, 0.717) is 24.0 Å². The molecule has 4 rings (SSSR count). The molecule has 1 fully saturated rings. The molecule has 0 aliphatic carbocycles. The van der Waals surface area contributed by atoms with Crippen LogP contribution < -0.4 is 0 Å². The van der Waals surface area contributed by atoms with Gasteiger partial charge in [0.25, 0.3) is 0 Å². The first-order valence-electron chi connectivity index (χ1n) is 8.74. The summed E-state index contributed by atoms with van der Waals surface area (Å²) in [6, 6.07) is 8.20. The summed E-state index contributed by atoms with van der Waals surface area (Å²) in [5.41, 5.74) is 2.23. The maximum Gasteiger partial charge on any atom is 0.237 e. The molecule has 0 unspecified atom stereocenters. The summed E-state index contributed by atoms with van der Waals surface area (Å²) in [6.07, 6.45) is 3.35. The molecule has 1 aliphatic rings. The van der Waals surface area contributed by atoms with Crippen LogP contribution in [0.3, 0.4) is 0 Å². The second-order valence-electron chi connectivity index (χ2n) is 6.13. The van der Waals surface area contributed by atoms with Gasteiger partial charge < -0.3 is 9.26 Å². The number of benzene rings is 1. The van der Waals surface area contributed by atoms with Gasteiger partial charge in [-0.05, 0) is 35.3 Å². The highest BCUT2D eigenvalue weighted by molar-refractivity contribution is 7.98. The lowest BCUT2D eigenvalue weighted by Gasteiger charge is -2.09. The summed E-state index contributed by atoms with van der Waals surface area (Å²) < 4.78 is 12.8. The molecule has 1 atom stereocenters. The van der Waals surface area contributed by atoms with E-state index in [1.165, 1.54) is 17.3 Å². The standard InChI is InChI=1S/C17H20N6O2S/c1-2-12-5-7-13(8-6-12)16-18-15(25-20-16)11-26-17-19-21-22-23(17)10-14-4-3-9-24-14/h5-8,14H,2-4,9-11H2,1H3/t14-/m1/s1. The third-order valence-corrected chi connectivity index (χ3v) is 5.25. The van der Waals surface area contributed by atoms with Crippen molar-refractivity contribution in [3.05, 3.63) is 35.7 Å². The first kappa shape index (κ1) is 17.2. The Kier molecular flexibility index (Phi) is 5.26. The molecule has 0 spiro atoms. The van der Waals surface area contributed by atoms with Gasteiger partial charge in [-0.1, -0.05) is 48.1 Å². The van der Waals surface area contributed by atoms with E-state index in [2.05, 4.69) is 44.7 Å². The molecule has 0 bridgehead atoms. The number of ether oxygens (including phenoxy) is 1. The van der Waals surface area contributed by atoms with E-state index >= 15 is 0 Å². The van der Waals surface area contributed by atoms with Crippen LogP contribution in [0.2, 0.25) is 0 Å². The SMILES string of the molecule is CCc1ccc(-c2noc(CSc3nnnn3C[C@H]3CCCO3)n2)cc1. The molecule has 2 aromatic heterocycles. The van der Waals surface area contributed by atoms with Crippen molar-refractivity contribution in [2.24, 2.45) is 0 Å². The molecule has 1 saturated heterocycles. The molecule has 3 aromatic rings. The minimum atomic E-state index is 0.193. The Morgan fingerprint density at radius 1 is 1.27 bits per heavy atom. The second kappa shape index (κ2) is 7.96. The average molecular weight is 372 g/mol. The summed E-state index contributed by atoms with van der Waals surface area (Å²) >= 11 is 1.48. The van der Waals surface area contributed by atoms with Gasteiger partial charge in [-0.3, -0.25) is 0 Å². The van der Waals surface area contributed by atoms with Crippen molar-refractivity contribution in [3.63, 3.8) is 0 Å². The van der Waals surface area contributed by atoms with Crippen molar-refractivity contribution in [1.82, 2.24) is 30.3 Å². The predicted molar refractivity (Wildman–Crippen MR) is 95.5 cm³/mol. The first-order chi connectivity index (χ1) is 12.8. The van der Waals surface area contributed by atoms with Gasteiger partial charge >= 0.3 is 0 Å². The number of hydrogen-bond acceptors (Lipinski definition) is 8. The van der Waals surface area contributed by atoms with Crippen LogP contribution >= 0.6 is 11.8 Å². The minimum absolute atomic E-state index is 0.193. The lowest BCUT2D eigenvalue weighted by molar-refractivity contribution is 0.0912. The fourth-order valence-electron chi connectivity index (χ4n) is 2.84. The Bertz CT molecular complexity index is 841. The van der Waals surface area contributed by atoms with Gasteiger partial charge in [0.2, 0.25) is 16.9 Å². The van der Waals surface area contributed by atoms with Crippen molar-refractivity contribution >= 4 is 11.8 Å². The third-order valence-electron chi connectivity index (χ3n) is 4.31. The van der Waals surface area contributed by atoms with Gasteiger partial charge in [0.15, 0.2) is 0 Å². The van der Waals surface area contributed by atoms with E-state index in [0.717, 1.165) is 36.6 Å². The van der Waals surface area contributed by atoms with Crippen LogP contribution in [0.4, 0.5) is 0 Å². The van der Waals surface area contributed by atoms with Gasteiger partial charge in [-0.25, -0.2) is 4.68 Å². The predicted octanol–water partition coefficient (Wildman–Crippen LogP) is 2.76. The summed E-state index contributed by atoms with van der Waals surface area (Å²) in [6.45, 7) is 3.62. The van der Waals surface area contributed by atoms with Gasteiger partial charge in [0, 0.05) is 12.2 Å². The molecule has 1 aromatic carbocycles. The highest BCUT2D eigenvalue weighted by atomic mass is 32.2. The Morgan fingerprint density at radius 2 is 2.15 bits per heavy atom. The molecule has 9 heteroatoms. The maximum absolute atomic E-state index is 5.65. The van der Waals surface area contributed by atoms with Gasteiger partial charge in [-0.15, -0.1) is 5.10 Å². The van der Waals surface area contributed by atoms with Crippen LogP contribution in [0, 0.1) is 0 Å². The number of rotatable bonds is 7. The van der Waals surface area contributed by atoms with E-state index in [4.69, 9.17) is 9.26 Å². The van der Waals surface area contributed by atoms with Gasteiger partial charge in [0.05, 0.1) is 18.4 Å². The van der Waals surface area contributed by atoms with Crippen molar-refractivity contribution in [3.8, 4) is 11.4 Å². The van der Waals surface area contributed by atoms with E-state index in [1.54, 1.807) is 4.68 Å². The summed E-state index contributed by atoms with van der Waals surface area (Å²) in [5.74, 6) is 1.67. The zero-order valence-electron chi connectivity index (χ0n) is 14.5. The molecule has 8 nitrogen and oxygen atoms in total. The smallest absolute Gasteiger partial charge is 0.237 e. The molecular weight excluding hydrogens is 352 g/mol. The Hall–Kier alpha value is -2.26. The fourth-order valence-corrected chi connectivity index (χ4v) is 3.57. The van der Waals surface area contributed by atoms with Crippen molar-refractivity contribution in [2.45, 2.75) is 49.7 Å². The topological polar surface area (TPSA) is 91.8 Å². The summed E-state index contributed by atoms with van der Waals surface area (Å²) in [4.78, 5) is 4.47. The Balaban J connectivity index is 1.38. The number of thioether (sulfide) groups is 1. The van der Waals surface area contributed by atoms with Crippen LogP contribution in [0.1, 0.15) is 31.2 Å². The van der Waals surface area contributed by atoms with Crippen molar-refractivity contribution in [1.29, 1.82) is 0 Å². The number of nitrogens with zero attached hydrogens (tertiary/aromatic N) is 6. The fraction of sp³-hybridized carbons (Fsp3) is 0.471.